The van der Waals surface area contributed by atoms with Crippen LogP contribution in [0, 0.1) is 6.92 Å². The predicted molar refractivity (Wildman–Crippen MR) is 181 cm³/mol. The summed E-state index contributed by atoms with van der Waals surface area (Å²) in [4.78, 5) is 41.0. The molecule has 3 aliphatic rings. The quantitative estimate of drug-likeness (QED) is 0.253. The molecule has 0 bridgehead atoms. The van der Waals surface area contributed by atoms with E-state index in [1.165, 1.54) is 17.5 Å². The smallest absolute Gasteiger partial charge is 0.410 e. The maximum Gasteiger partial charge on any atom is 0.410 e. The van der Waals surface area contributed by atoms with E-state index in [2.05, 4.69) is 38.0 Å². The number of fused-ring (bicyclic) bond motifs is 2. The number of hydrogen-bond donors (Lipinski definition) is 1. The normalized spacial score (nSPS) is 20.2. The number of piperazine rings is 1. The Labute approximate surface area is 280 Å². The molecule has 1 saturated heterocycles. The van der Waals surface area contributed by atoms with E-state index in [-0.39, 0.29) is 18.1 Å². The Balaban J connectivity index is 1.18. The van der Waals surface area contributed by atoms with Crippen molar-refractivity contribution in [2.75, 3.05) is 25.0 Å². The Morgan fingerprint density at radius 2 is 1.85 bits per heavy atom. The number of nitrogens with one attached hydrogen (secondary N) is 1. The summed E-state index contributed by atoms with van der Waals surface area (Å²) in [6.45, 7) is 3.94. The minimum atomic E-state index is -0.759. The zero-order valence-electron chi connectivity index (χ0n) is 26.8. The van der Waals surface area contributed by atoms with Crippen molar-refractivity contribution in [1.29, 1.82) is 0 Å². The number of rotatable bonds is 6. The summed E-state index contributed by atoms with van der Waals surface area (Å²) in [6.07, 6.45) is 11.7. The number of imidazole rings is 1. The maximum atomic E-state index is 14.3. The van der Waals surface area contributed by atoms with Gasteiger partial charge < -0.3 is 14.6 Å². The van der Waals surface area contributed by atoms with E-state index in [1.807, 2.05) is 55.7 Å². The SMILES string of the molecule is Cc1cncn1Cc1cccc(NC(=O)[C@H]2CN([C@H]3c4ccc(Cl)cc4CCc4cccnc43)CCN2C(=O)OC2CCCCC2)c1. The fourth-order valence-electron chi connectivity index (χ4n) is 7.35. The highest BCUT2D eigenvalue weighted by Crippen LogP contribution is 2.38. The number of amides is 2. The minimum absolute atomic E-state index is 0.101. The van der Waals surface area contributed by atoms with Gasteiger partial charge in [-0.3, -0.25) is 19.6 Å². The van der Waals surface area contributed by atoms with Gasteiger partial charge in [0, 0.05) is 55.0 Å². The van der Waals surface area contributed by atoms with Crippen LogP contribution in [0.3, 0.4) is 0 Å². The van der Waals surface area contributed by atoms with Crippen molar-refractivity contribution < 1.29 is 14.3 Å². The number of pyridine rings is 1. The van der Waals surface area contributed by atoms with Crippen LogP contribution in [0.2, 0.25) is 5.02 Å². The van der Waals surface area contributed by atoms with Crippen molar-refractivity contribution in [1.82, 2.24) is 24.3 Å². The average molecular weight is 653 g/mol. The second kappa shape index (κ2) is 13.9. The lowest BCUT2D eigenvalue weighted by Crippen LogP contribution is -2.60. The first-order chi connectivity index (χ1) is 22.9. The van der Waals surface area contributed by atoms with E-state index < -0.39 is 12.1 Å². The third kappa shape index (κ3) is 6.92. The van der Waals surface area contributed by atoms with E-state index in [0.717, 1.165) is 61.0 Å². The highest BCUT2D eigenvalue weighted by Gasteiger charge is 2.41. The molecule has 7 rings (SSSR count). The lowest BCUT2D eigenvalue weighted by Gasteiger charge is -2.43. The molecule has 2 aromatic heterocycles. The van der Waals surface area contributed by atoms with Crippen LogP contribution >= 0.6 is 11.6 Å². The fraction of sp³-hybridized carbons (Fsp3) is 0.405. The first-order valence-electron chi connectivity index (χ1n) is 16.7. The van der Waals surface area contributed by atoms with Gasteiger partial charge >= 0.3 is 6.09 Å². The van der Waals surface area contributed by atoms with Gasteiger partial charge in [0.15, 0.2) is 0 Å². The molecule has 0 spiro atoms. The first kappa shape index (κ1) is 31.4. The number of carbonyl (C=O) groups excluding carboxylic acids is 2. The summed E-state index contributed by atoms with van der Waals surface area (Å²) in [5, 5.41) is 3.85. The number of anilines is 1. The van der Waals surface area contributed by atoms with Gasteiger partial charge in [-0.25, -0.2) is 9.78 Å². The van der Waals surface area contributed by atoms with Gasteiger partial charge in [-0.2, -0.15) is 0 Å². The Morgan fingerprint density at radius 3 is 2.68 bits per heavy atom. The Hall–Kier alpha value is -4.21. The lowest BCUT2D eigenvalue weighted by atomic mass is 9.95. The molecule has 2 fully saturated rings. The molecule has 2 aliphatic carbocycles. The molecular weight excluding hydrogens is 612 g/mol. The number of ether oxygens (including phenoxy) is 1. The number of halogens is 1. The van der Waals surface area contributed by atoms with Gasteiger partial charge in [0.25, 0.3) is 0 Å². The topological polar surface area (TPSA) is 92.6 Å². The minimum Gasteiger partial charge on any atom is -0.446 e. The molecule has 9 nitrogen and oxygen atoms in total. The molecule has 3 heterocycles. The summed E-state index contributed by atoms with van der Waals surface area (Å²) in [5.41, 5.74) is 7.30. The second-order valence-electron chi connectivity index (χ2n) is 13.0. The number of benzene rings is 2. The fourth-order valence-corrected chi connectivity index (χ4v) is 7.54. The maximum absolute atomic E-state index is 14.3. The van der Waals surface area contributed by atoms with E-state index in [1.54, 1.807) is 11.2 Å². The average Bonchev–Trinajstić information content (AvgIpc) is 3.41. The number of nitrogens with zero attached hydrogens (tertiary/aromatic N) is 5. The van der Waals surface area contributed by atoms with E-state index >= 15 is 0 Å². The van der Waals surface area contributed by atoms with Gasteiger partial charge in [0.1, 0.15) is 12.1 Å². The van der Waals surface area contributed by atoms with Gasteiger partial charge in [-0.15, -0.1) is 0 Å². The molecule has 1 N–H and O–H groups in total. The van der Waals surface area contributed by atoms with E-state index in [9.17, 15) is 9.59 Å². The van der Waals surface area contributed by atoms with Crippen LogP contribution in [0.1, 0.15) is 71.8 Å². The summed E-state index contributed by atoms with van der Waals surface area (Å²) in [5.74, 6) is -0.238. The second-order valence-corrected chi connectivity index (χ2v) is 13.4. The van der Waals surface area contributed by atoms with Crippen molar-refractivity contribution in [3.63, 3.8) is 0 Å². The standard InChI is InChI=1S/C37H41ClN6O3/c1-25-21-39-24-43(25)22-26-7-5-9-30(19-26)41-36(45)33-23-42(17-18-44(33)37(46)47-31-10-3-2-4-11-31)35-32-15-14-29(38)20-28(32)13-12-27-8-6-16-40-34(27)35/h5-9,14-16,19-21,24,31,33,35H,2-4,10-13,17-18,22-23H2,1H3,(H,41,45)/t33-,35+/m1/s1. The summed E-state index contributed by atoms with van der Waals surface area (Å²) < 4.78 is 8.09. The molecule has 10 heteroatoms. The third-order valence-electron chi connectivity index (χ3n) is 9.85. The molecule has 2 aromatic carbocycles. The monoisotopic (exact) mass is 652 g/mol. The van der Waals surface area contributed by atoms with Crippen LogP contribution in [-0.2, 0) is 28.9 Å². The van der Waals surface area contributed by atoms with E-state index in [0.29, 0.717) is 36.9 Å². The van der Waals surface area contributed by atoms with Crippen LogP contribution < -0.4 is 5.32 Å². The molecule has 47 heavy (non-hydrogen) atoms. The molecule has 1 aliphatic heterocycles. The molecule has 0 unspecified atom stereocenters. The molecule has 1 saturated carbocycles. The summed E-state index contributed by atoms with van der Waals surface area (Å²) in [7, 11) is 0. The van der Waals surface area contributed by atoms with Crippen molar-refractivity contribution in [3.05, 3.63) is 112 Å². The number of carbonyl (C=O) groups is 2. The van der Waals surface area contributed by atoms with Crippen molar-refractivity contribution >= 4 is 29.3 Å². The molecule has 244 valence electrons. The highest BCUT2D eigenvalue weighted by molar-refractivity contribution is 6.30. The molecular formula is C37H41ClN6O3. The Morgan fingerprint density at radius 1 is 1.00 bits per heavy atom. The highest BCUT2D eigenvalue weighted by atomic mass is 35.5. The summed E-state index contributed by atoms with van der Waals surface area (Å²) in [6, 6.07) is 17.1. The zero-order valence-corrected chi connectivity index (χ0v) is 27.5. The molecule has 0 radical (unpaired) electrons. The van der Waals surface area contributed by atoms with Crippen molar-refractivity contribution in [2.24, 2.45) is 0 Å². The van der Waals surface area contributed by atoms with Crippen LogP contribution in [0.15, 0.2) is 73.3 Å². The largest absolute Gasteiger partial charge is 0.446 e. The molecule has 4 aromatic rings. The van der Waals surface area contributed by atoms with Crippen molar-refractivity contribution in [2.45, 2.75) is 76.6 Å². The third-order valence-corrected chi connectivity index (χ3v) is 10.1. The van der Waals surface area contributed by atoms with Gasteiger partial charge in [0.2, 0.25) is 5.91 Å². The van der Waals surface area contributed by atoms with Crippen molar-refractivity contribution in [3.8, 4) is 0 Å². The Kier molecular flexibility index (Phi) is 9.27. The first-order valence-corrected chi connectivity index (χ1v) is 17.1. The Bertz CT molecular complexity index is 1750. The van der Waals surface area contributed by atoms with Crippen LogP contribution in [-0.4, -0.2) is 68.1 Å². The summed E-state index contributed by atoms with van der Waals surface area (Å²) >= 11 is 6.46. The van der Waals surface area contributed by atoms with Crippen LogP contribution in [0.25, 0.3) is 0 Å². The van der Waals surface area contributed by atoms with Crippen LogP contribution in [0.4, 0.5) is 10.5 Å². The number of aromatic nitrogens is 3. The van der Waals surface area contributed by atoms with Crippen LogP contribution in [0.5, 0.6) is 0 Å². The molecule has 2 atom stereocenters. The van der Waals surface area contributed by atoms with Gasteiger partial charge in [-0.05, 0) is 98.0 Å². The lowest BCUT2D eigenvalue weighted by molar-refractivity contribution is -0.123. The predicted octanol–water partition coefficient (Wildman–Crippen LogP) is 6.57. The number of aryl methyl sites for hydroxylation is 3. The molecule has 2 amide bonds. The number of hydrogen-bond acceptors (Lipinski definition) is 6. The van der Waals surface area contributed by atoms with Gasteiger partial charge in [-0.1, -0.05) is 42.3 Å². The van der Waals surface area contributed by atoms with E-state index in [4.69, 9.17) is 21.3 Å². The van der Waals surface area contributed by atoms with Gasteiger partial charge in [0.05, 0.1) is 18.1 Å². The zero-order chi connectivity index (χ0) is 32.3.